The number of hydrogen-bond acceptors (Lipinski definition) is 3. The molecule has 4 nitrogen and oxygen atoms in total. The van der Waals surface area contributed by atoms with Crippen LogP contribution in [-0.4, -0.2) is 20.2 Å². The molecule has 124 valence electrons. The third-order valence-corrected chi connectivity index (χ3v) is 6.10. The predicted octanol–water partition coefficient (Wildman–Crippen LogP) is 3.57. The van der Waals surface area contributed by atoms with Crippen LogP contribution in [0.1, 0.15) is 27.4 Å². The molecule has 1 aliphatic rings. The lowest BCUT2D eigenvalue weighted by Crippen LogP contribution is -2.40. The normalized spacial score (nSPS) is 20.0. The molecule has 0 radical (unpaired) electrons. The third kappa shape index (κ3) is 2.97. The second-order valence-electron chi connectivity index (χ2n) is 5.77. The molecule has 1 aliphatic carbocycles. The van der Waals surface area contributed by atoms with Crippen LogP contribution in [0.5, 0.6) is 0 Å². The maximum atomic E-state index is 12.7. The number of carbonyl (C=O) groups is 1. The van der Waals surface area contributed by atoms with Gasteiger partial charge in [0.05, 0.1) is 10.9 Å². The van der Waals surface area contributed by atoms with Crippen LogP contribution in [-0.2, 0) is 10.0 Å². The number of aryl methyl sites for hydroxylation is 1. The van der Waals surface area contributed by atoms with Gasteiger partial charge in [-0.05, 0) is 42.8 Å². The van der Waals surface area contributed by atoms with Gasteiger partial charge in [-0.15, -0.1) is 6.58 Å². The van der Waals surface area contributed by atoms with Crippen molar-refractivity contribution in [2.75, 3.05) is 0 Å². The van der Waals surface area contributed by atoms with E-state index in [0.29, 0.717) is 5.56 Å². The van der Waals surface area contributed by atoms with Crippen molar-refractivity contribution in [3.8, 4) is 0 Å². The van der Waals surface area contributed by atoms with Crippen molar-refractivity contribution >= 4 is 31.7 Å². The quantitative estimate of drug-likeness (QED) is 0.790. The smallest absolute Gasteiger partial charge is 0.241 e. The van der Waals surface area contributed by atoms with Crippen LogP contribution in [0.15, 0.2) is 64.5 Å². The minimum absolute atomic E-state index is 0.140. The summed E-state index contributed by atoms with van der Waals surface area (Å²) in [5.41, 5.74) is 2.27. The lowest BCUT2D eigenvalue weighted by molar-refractivity contribution is 0.0963. The van der Waals surface area contributed by atoms with E-state index in [1.807, 2.05) is 13.0 Å². The largest absolute Gasteiger partial charge is 0.292 e. The molecule has 0 heterocycles. The van der Waals surface area contributed by atoms with Crippen LogP contribution in [0.25, 0.3) is 0 Å². The highest BCUT2D eigenvalue weighted by atomic mass is 79.9. The van der Waals surface area contributed by atoms with Gasteiger partial charge in [-0.2, -0.15) is 4.72 Å². The van der Waals surface area contributed by atoms with Crippen molar-refractivity contribution in [2.45, 2.75) is 23.8 Å². The van der Waals surface area contributed by atoms with Crippen molar-refractivity contribution in [1.82, 2.24) is 4.72 Å². The van der Waals surface area contributed by atoms with E-state index >= 15 is 0 Å². The van der Waals surface area contributed by atoms with Crippen LogP contribution >= 0.6 is 15.9 Å². The Labute approximate surface area is 149 Å². The van der Waals surface area contributed by atoms with Crippen molar-refractivity contribution in [3.05, 3.63) is 76.3 Å². The molecular formula is C18H16BrNO3S. The number of hydrogen-bond donors (Lipinski definition) is 1. The Kier molecular flexibility index (Phi) is 4.46. The Morgan fingerprint density at radius 1 is 1.17 bits per heavy atom. The number of Topliss-reactive ketones (excluding diaryl/α,β-unsaturated/α-hetero) is 1. The van der Waals surface area contributed by atoms with Crippen LogP contribution in [0.3, 0.4) is 0 Å². The van der Waals surface area contributed by atoms with Gasteiger partial charge in [0.25, 0.3) is 0 Å². The number of carbonyl (C=O) groups excluding carboxylic acids is 1. The molecule has 2 aromatic carbocycles. The van der Waals surface area contributed by atoms with Gasteiger partial charge in [-0.25, -0.2) is 8.42 Å². The summed E-state index contributed by atoms with van der Waals surface area (Å²) in [6.45, 7) is 5.65. The number of rotatable bonds is 4. The first-order valence-electron chi connectivity index (χ1n) is 7.39. The fourth-order valence-corrected chi connectivity index (χ4v) is 4.48. The molecule has 2 aromatic rings. The highest BCUT2D eigenvalue weighted by Gasteiger charge is 2.40. The number of nitrogens with one attached hydrogen (secondary N) is 1. The van der Waals surface area contributed by atoms with Gasteiger partial charge in [0.15, 0.2) is 5.78 Å². The molecular weight excluding hydrogens is 390 g/mol. The second kappa shape index (κ2) is 6.27. The molecule has 0 unspecified atom stereocenters. The molecule has 0 spiro atoms. The number of halogens is 1. The maximum absolute atomic E-state index is 12.7. The summed E-state index contributed by atoms with van der Waals surface area (Å²) in [5, 5.41) is 0. The summed E-state index contributed by atoms with van der Waals surface area (Å²) in [5.74, 6) is -0.636. The number of sulfonamides is 1. The maximum Gasteiger partial charge on any atom is 0.241 e. The molecule has 0 amide bonds. The van der Waals surface area contributed by atoms with Crippen molar-refractivity contribution < 1.29 is 13.2 Å². The summed E-state index contributed by atoms with van der Waals surface area (Å²) < 4.78 is 28.6. The topological polar surface area (TPSA) is 63.2 Å². The Hall–Kier alpha value is -1.76. The Balaban J connectivity index is 1.97. The second-order valence-corrected chi connectivity index (χ2v) is 8.40. The van der Waals surface area contributed by atoms with Crippen molar-refractivity contribution in [1.29, 1.82) is 0 Å². The molecule has 3 rings (SSSR count). The van der Waals surface area contributed by atoms with E-state index in [-0.39, 0.29) is 10.7 Å². The van der Waals surface area contributed by atoms with Gasteiger partial charge in [-0.3, -0.25) is 4.79 Å². The molecule has 0 aliphatic heterocycles. The first kappa shape index (κ1) is 17.1. The highest BCUT2D eigenvalue weighted by molar-refractivity contribution is 9.10. The SMILES string of the molecule is C=C[C@@H]1c2cc(Br)ccc2C(=O)[C@H]1NS(=O)(=O)c1ccc(C)cc1. The van der Waals surface area contributed by atoms with Gasteiger partial charge in [0.2, 0.25) is 10.0 Å². The molecule has 2 atom stereocenters. The molecule has 0 saturated carbocycles. The first-order chi connectivity index (χ1) is 11.3. The molecule has 0 saturated heterocycles. The molecule has 24 heavy (non-hydrogen) atoms. The van der Waals surface area contributed by atoms with Crippen LogP contribution in [0, 0.1) is 6.92 Å². The van der Waals surface area contributed by atoms with E-state index in [1.165, 1.54) is 12.1 Å². The number of benzene rings is 2. The molecule has 1 N–H and O–H groups in total. The highest BCUT2D eigenvalue weighted by Crippen LogP contribution is 2.36. The fraction of sp³-hybridized carbons (Fsp3) is 0.167. The van der Waals surface area contributed by atoms with Crippen LogP contribution < -0.4 is 4.72 Å². The van der Waals surface area contributed by atoms with E-state index in [9.17, 15) is 13.2 Å². The minimum atomic E-state index is -3.79. The average molecular weight is 406 g/mol. The third-order valence-electron chi connectivity index (χ3n) is 4.15. The summed E-state index contributed by atoms with van der Waals surface area (Å²) in [4.78, 5) is 12.8. The lowest BCUT2D eigenvalue weighted by Gasteiger charge is -2.17. The first-order valence-corrected chi connectivity index (χ1v) is 9.66. The van der Waals surface area contributed by atoms with Crippen LogP contribution in [0.4, 0.5) is 0 Å². The number of ketones is 1. The van der Waals surface area contributed by atoms with E-state index < -0.39 is 22.0 Å². The predicted molar refractivity (Wildman–Crippen MR) is 96.7 cm³/mol. The Morgan fingerprint density at radius 2 is 1.83 bits per heavy atom. The van der Waals surface area contributed by atoms with E-state index in [4.69, 9.17) is 0 Å². The van der Waals surface area contributed by atoms with Gasteiger partial charge >= 0.3 is 0 Å². The zero-order chi connectivity index (χ0) is 17.5. The zero-order valence-corrected chi connectivity index (χ0v) is 15.4. The molecule has 0 fully saturated rings. The van der Waals surface area contributed by atoms with Crippen molar-refractivity contribution in [3.63, 3.8) is 0 Å². The van der Waals surface area contributed by atoms with Crippen molar-refractivity contribution in [2.24, 2.45) is 0 Å². The van der Waals surface area contributed by atoms with Gasteiger partial charge in [0, 0.05) is 16.0 Å². The molecule has 0 bridgehead atoms. The van der Waals surface area contributed by atoms with Crippen LogP contribution in [0.2, 0.25) is 0 Å². The van der Waals surface area contributed by atoms with Gasteiger partial charge < -0.3 is 0 Å². The lowest BCUT2D eigenvalue weighted by atomic mass is 9.99. The van der Waals surface area contributed by atoms with Gasteiger partial charge in [0.1, 0.15) is 0 Å². The summed E-state index contributed by atoms with van der Waals surface area (Å²) >= 11 is 3.38. The summed E-state index contributed by atoms with van der Waals surface area (Å²) in [6.07, 6.45) is 1.61. The van der Waals surface area contributed by atoms with E-state index in [1.54, 1.807) is 30.3 Å². The molecule has 6 heteroatoms. The Morgan fingerprint density at radius 3 is 2.46 bits per heavy atom. The van der Waals surface area contributed by atoms with E-state index in [0.717, 1.165) is 15.6 Å². The average Bonchev–Trinajstić information content (AvgIpc) is 2.78. The summed E-state index contributed by atoms with van der Waals surface area (Å²) in [6, 6.07) is 10.9. The fourth-order valence-electron chi connectivity index (χ4n) is 2.89. The Bertz CT molecular complexity index is 920. The zero-order valence-electron chi connectivity index (χ0n) is 13.0. The molecule has 0 aromatic heterocycles. The van der Waals surface area contributed by atoms with E-state index in [2.05, 4.69) is 27.2 Å². The van der Waals surface area contributed by atoms with Gasteiger partial charge in [-0.1, -0.05) is 39.7 Å². The minimum Gasteiger partial charge on any atom is -0.292 e. The monoisotopic (exact) mass is 405 g/mol. The standard InChI is InChI=1S/C18H16BrNO3S/c1-3-14-16-10-12(19)6-9-15(16)18(21)17(14)20-24(22,23)13-7-4-11(2)5-8-13/h3-10,14,17,20H,1H2,2H3/t14-,17+/m1/s1. The summed E-state index contributed by atoms with van der Waals surface area (Å²) in [7, 11) is -3.79. The number of fused-ring (bicyclic) bond motifs is 1.